The average Bonchev–Trinajstić information content (AvgIpc) is 2.48. The molecule has 0 unspecified atom stereocenters. The van der Waals surface area contributed by atoms with Crippen LogP contribution in [-0.4, -0.2) is 12.6 Å². The zero-order valence-corrected chi connectivity index (χ0v) is 12.2. The third-order valence-electron chi connectivity index (χ3n) is 3.08. The number of hydrogen-bond acceptors (Lipinski definition) is 2. The molecule has 0 bridgehead atoms. The molecule has 0 aliphatic heterocycles. The summed E-state index contributed by atoms with van der Waals surface area (Å²) in [4.78, 5) is 11.4. The summed E-state index contributed by atoms with van der Waals surface area (Å²) in [5.41, 5.74) is 4.29. The van der Waals surface area contributed by atoms with Crippen LogP contribution in [-0.2, 0) is 21.8 Å². The summed E-state index contributed by atoms with van der Waals surface area (Å²) >= 11 is 5.96. The highest BCUT2D eigenvalue weighted by atomic mass is 35.5. The van der Waals surface area contributed by atoms with Crippen LogP contribution in [0.4, 0.5) is 0 Å². The number of halogens is 1. The molecule has 0 radical (unpaired) electrons. The lowest BCUT2D eigenvalue weighted by Crippen LogP contribution is -2.07. The van der Waals surface area contributed by atoms with Gasteiger partial charge >= 0.3 is 5.97 Å². The van der Waals surface area contributed by atoms with Crippen molar-refractivity contribution in [1.29, 1.82) is 0 Å². The second-order valence-corrected chi connectivity index (χ2v) is 4.74. The fourth-order valence-corrected chi connectivity index (χ4v) is 2.33. The van der Waals surface area contributed by atoms with E-state index in [1.807, 2.05) is 49.4 Å². The van der Waals surface area contributed by atoms with E-state index in [0.717, 1.165) is 22.3 Å². The summed E-state index contributed by atoms with van der Waals surface area (Å²) < 4.78 is 4.94. The van der Waals surface area contributed by atoms with E-state index in [9.17, 15) is 4.79 Å². The van der Waals surface area contributed by atoms with Crippen LogP contribution in [0.25, 0.3) is 11.1 Å². The molecule has 2 aromatic carbocycles. The molecule has 2 aromatic rings. The van der Waals surface area contributed by atoms with Gasteiger partial charge in [0.25, 0.3) is 0 Å². The fourth-order valence-electron chi connectivity index (χ4n) is 2.10. The molecule has 2 nitrogen and oxygen atoms in total. The highest BCUT2D eigenvalue weighted by molar-refractivity contribution is 6.17. The zero-order valence-electron chi connectivity index (χ0n) is 11.4. The lowest BCUT2D eigenvalue weighted by atomic mass is 9.99. The van der Waals surface area contributed by atoms with Gasteiger partial charge in [-0.05, 0) is 29.2 Å². The molecule has 0 aromatic heterocycles. The molecule has 2 rings (SSSR count). The molecule has 0 aliphatic carbocycles. The van der Waals surface area contributed by atoms with Crippen molar-refractivity contribution >= 4 is 17.6 Å². The summed E-state index contributed by atoms with van der Waals surface area (Å²) in [7, 11) is 0. The van der Waals surface area contributed by atoms with Crippen LogP contribution in [0.1, 0.15) is 18.1 Å². The summed E-state index contributed by atoms with van der Waals surface area (Å²) in [5, 5.41) is 0. The largest absolute Gasteiger partial charge is 0.466 e. The molecule has 0 N–H and O–H groups in total. The maximum Gasteiger partial charge on any atom is 0.310 e. The van der Waals surface area contributed by atoms with Gasteiger partial charge in [-0.15, -0.1) is 11.6 Å². The van der Waals surface area contributed by atoms with Crippen molar-refractivity contribution < 1.29 is 9.53 Å². The number of alkyl halides is 1. The van der Waals surface area contributed by atoms with Crippen molar-refractivity contribution in [3.8, 4) is 11.1 Å². The summed E-state index contributed by atoms with van der Waals surface area (Å²) in [6, 6.07) is 16.0. The number of benzene rings is 2. The summed E-state index contributed by atoms with van der Waals surface area (Å²) in [5.74, 6) is 0.294. The minimum Gasteiger partial charge on any atom is -0.466 e. The average molecular weight is 289 g/mol. The van der Waals surface area contributed by atoms with Gasteiger partial charge in [-0.3, -0.25) is 4.79 Å². The van der Waals surface area contributed by atoms with Gasteiger partial charge in [-0.2, -0.15) is 0 Å². The normalized spacial score (nSPS) is 10.3. The quantitative estimate of drug-likeness (QED) is 0.609. The van der Waals surface area contributed by atoms with Crippen molar-refractivity contribution in [2.45, 2.75) is 19.2 Å². The molecule has 0 aliphatic rings. The van der Waals surface area contributed by atoms with Gasteiger partial charge < -0.3 is 4.74 Å². The topological polar surface area (TPSA) is 26.3 Å². The van der Waals surface area contributed by atoms with Gasteiger partial charge in [0.1, 0.15) is 0 Å². The van der Waals surface area contributed by atoms with E-state index in [0.29, 0.717) is 18.9 Å². The lowest BCUT2D eigenvalue weighted by Gasteiger charge is -2.08. The first-order chi connectivity index (χ1) is 9.74. The van der Waals surface area contributed by atoms with Crippen LogP contribution in [0, 0.1) is 0 Å². The maximum atomic E-state index is 11.4. The molecule has 20 heavy (non-hydrogen) atoms. The van der Waals surface area contributed by atoms with E-state index in [1.54, 1.807) is 0 Å². The standard InChI is InChI=1S/C17H17ClO2/c1-2-20-17(19)11-13-7-9-14(10-8-13)16-6-4-3-5-15(16)12-18/h3-10H,2,11-12H2,1H3. The zero-order chi connectivity index (χ0) is 14.4. The van der Waals surface area contributed by atoms with Gasteiger partial charge in [0, 0.05) is 5.88 Å². The molecule has 0 saturated carbocycles. The van der Waals surface area contributed by atoms with Gasteiger partial charge in [0.05, 0.1) is 13.0 Å². The van der Waals surface area contributed by atoms with E-state index in [2.05, 4.69) is 6.07 Å². The number of hydrogen-bond donors (Lipinski definition) is 0. The van der Waals surface area contributed by atoms with Crippen LogP contribution >= 0.6 is 11.6 Å². The summed E-state index contributed by atoms with van der Waals surface area (Å²) in [6.45, 7) is 2.23. The predicted molar refractivity (Wildman–Crippen MR) is 81.8 cm³/mol. The molecule has 3 heteroatoms. The summed E-state index contributed by atoms with van der Waals surface area (Å²) in [6.07, 6.45) is 0.311. The monoisotopic (exact) mass is 288 g/mol. The molecule has 0 atom stereocenters. The Bertz CT molecular complexity index is 576. The highest BCUT2D eigenvalue weighted by Crippen LogP contribution is 2.25. The second-order valence-electron chi connectivity index (χ2n) is 4.47. The van der Waals surface area contributed by atoms with Crippen molar-refractivity contribution in [3.05, 3.63) is 59.7 Å². The molecule has 104 valence electrons. The van der Waals surface area contributed by atoms with Crippen molar-refractivity contribution in [2.75, 3.05) is 6.61 Å². The molecular formula is C17H17ClO2. The maximum absolute atomic E-state index is 11.4. The Hall–Kier alpha value is -1.80. The Morgan fingerprint density at radius 3 is 2.45 bits per heavy atom. The Morgan fingerprint density at radius 2 is 1.80 bits per heavy atom. The van der Waals surface area contributed by atoms with Gasteiger partial charge in [0.15, 0.2) is 0 Å². The van der Waals surface area contributed by atoms with E-state index in [4.69, 9.17) is 16.3 Å². The van der Waals surface area contributed by atoms with Crippen LogP contribution < -0.4 is 0 Å². The number of ether oxygens (including phenoxy) is 1. The Balaban J connectivity index is 2.17. The third-order valence-corrected chi connectivity index (χ3v) is 3.37. The van der Waals surface area contributed by atoms with Gasteiger partial charge in [0.2, 0.25) is 0 Å². The Kier molecular flexibility index (Phi) is 5.19. The Labute approximate surface area is 124 Å². The first-order valence-corrected chi connectivity index (χ1v) is 7.17. The number of carbonyl (C=O) groups is 1. The molecule has 0 amide bonds. The van der Waals surface area contributed by atoms with Crippen LogP contribution in [0.3, 0.4) is 0 Å². The van der Waals surface area contributed by atoms with E-state index in [1.165, 1.54) is 0 Å². The van der Waals surface area contributed by atoms with Gasteiger partial charge in [-0.25, -0.2) is 0 Å². The predicted octanol–water partition coefficient (Wildman–Crippen LogP) is 4.20. The SMILES string of the molecule is CCOC(=O)Cc1ccc(-c2ccccc2CCl)cc1. The molecule has 0 saturated heterocycles. The molecule has 0 fully saturated rings. The number of carbonyl (C=O) groups excluding carboxylic acids is 1. The first kappa shape index (κ1) is 14.6. The van der Waals surface area contributed by atoms with Crippen LogP contribution in [0.2, 0.25) is 0 Å². The Morgan fingerprint density at radius 1 is 1.10 bits per heavy atom. The van der Waals surface area contributed by atoms with Crippen molar-refractivity contribution in [2.24, 2.45) is 0 Å². The first-order valence-electron chi connectivity index (χ1n) is 6.63. The van der Waals surface area contributed by atoms with Crippen LogP contribution in [0.5, 0.6) is 0 Å². The number of esters is 1. The smallest absolute Gasteiger partial charge is 0.310 e. The van der Waals surface area contributed by atoms with E-state index < -0.39 is 0 Å². The minimum atomic E-state index is -0.193. The third kappa shape index (κ3) is 3.61. The van der Waals surface area contributed by atoms with Gasteiger partial charge in [-0.1, -0.05) is 48.5 Å². The highest BCUT2D eigenvalue weighted by Gasteiger charge is 2.06. The molecule has 0 heterocycles. The molecular weight excluding hydrogens is 272 g/mol. The van der Waals surface area contributed by atoms with Crippen molar-refractivity contribution in [1.82, 2.24) is 0 Å². The number of rotatable bonds is 5. The van der Waals surface area contributed by atoms with E-state index in [-0.39, 0.29) is 5.97 Å². The lowest BCUT2D eigenvalue weighted by molar-refractivity contribution is -0.142. The van der Waals surface area contributed by atoms with Crippen LogP contribution in [0.15, 0.2) is 48.5 Å². The second kappa shape index (κ2) is 7.11. The fraction of sp³-hybridized carbons (Fsp3) is 0.235. The van der Waals surface area contributed by atoms with Crippen molar-refractivity contribution in [3.63, 3.8) is 0 Å². The molecule has 0 spiro atoms. The minimum absolute atomic E-state index is 0.193. The van der Waals surface area contributed by atoms with E-state index >= 15 is 0 Å².